The van der Waals surface area contributed by atoms with Crippen molar-refractivity contribution in [1.29, 1.82) is 0 Å². The summed E-state index contributed by atoms with van der Waals surface area (Å²) in [6.07, 6.45) is 9.14. The number of hydrogen-bond donors (Lipinski definition) is 2. The second kappa shape index (κ2) is 8.89. The maximum absolute atomic E-state index is 9.43. The van der Waals surface area contributed by atoms with Crippen molar-refractivity contribution in [2.24, 2.45) is 0 Å². The average molecular weight is 256 g/mol. The van der Waals surface area contributed by atoms with Crippen molar-refractivity contribution in [3.8, 4) is 0 Å². The Morgan fingerprint density at radius 3 is 2.33 bits per heavy atom. The van der Waals surface area contributed by atoms with E-state index in [1.165, 1.54) is 58.2 Å². The van der Waals surface area contributed by atoms with Gasteiger partial charge in [-0.05, 0) is 58.8 Å². The maximum Gasteiger partial charge on any atom is 0.0610 e. The summed E-state index contributed by atoms with van der Waals surface area (Å²) in [5.41, 5.74) is -0.0759. The predicted molar refractivity (Wildman–Crippen MR) is 77.9 cm³/mol. The second-order valence-electron chi connectivity index (χ2n) is 5.96. The topological polar surface area (TPSA) is 35.5 Å². The third-order valence-electron chi connectivity index (χ3n) is 4.10. The maximum atomic E-state index is 9.43. The van der Waals surface area contributed by atoms with Gasteiger partial charge in [-0.3, -0.25) is 0 Å². The molecule has 1 unspecified atom stereocenters. The summed E-state index contributed by atoms with van der Waals surface area (Å²) in [5, 5.41) is 12.8. The fourth-order valence-electron chi connectivity index (χ4n) is 2.86. The Kier molecular flexibility index (Phi) is 7.87. The van der Waals surface area contributed by atoms with E-state index in [1.807, 2.05) is 0 Å². The summed E-state index contributed by atoms with van der Waals surface area (Å²) < 4.78 is 0. The first-order valence-electron chi connectivity index (χ1n) is 7.78. The van der Waals surface area contributed by atoms with Gasteiger partial charge >= 0.3 is 0 Å². The van der Waals surface area contributed by atoms with Crippen LogP contribution in [0.2, 0.25) is 0 Å². The highest BCUT2D eigenvalue weighted by atomic mass is 16.3. The molecule has 1 saturated heterocycles. The summed E-state index contributed by atoms with van der Waals surface area (Å²) in [4.78, 5) is 2.62. The van der Waals surface area contributed by atoms with Crippen LogP contribution in [0, 0.1) is 0 Å². The van der Waals surface area contributed by atoms with Gasteiger partial charge in [-0.15, -0.1) is 0 Å². The minimum absolute atomic E-state index is 0.0759. The Morgan fingerprint density at radius 2 is 1.78 bits per heavy atom. The van der Waals surface area contributed by atoms with E-state index in [9.17, 15) is 5.11 Å². The number of nitrogens with zero attached hydrogens (tertiary/aromatic N) is 1. The summed E-state index contributed by atoms with van der Waals surface area (Å²) in [7, 11) is 0. The van der Waals surface area contributed by atoms with E-state index in [-0.39, 0.29) is 12.1 Å². The minimum atomic E-state index is -0.0759. The first kappa shape index (κ1) is 15.9. The first-order valence-corrected chi connectivity index (χ1v) is 7.78. The lowest BCUT2D eigenvalue weighted by Gasteiger charge is -2.29. The number of nitrogens with one attached hydrogen (secondary N) is 1. The number of unbranched alkanes of at least 4 members (excludes halogenated alkanes) is 1. The first-order chi connectivity index (χ1) is 8.70. The van der Waals surface area contributed by atoms with Crippen molar-refractivity contribution in [3.63, 3.8) is 0 Å². The molecule has 0 amide bonds. The molecular formula is C15H32N2O. The molecule has 1 rings (SSSR count). The van der Waals surface area contributed by atoms with Crippen molar-refractivity contribution in [2.75, 3.05) is 32.8 Å². The number of likely N-dealkylation sites (tertiary alicyclic amines) is 1. The van der Waals surface area contributed by atoms with E-state index in [0.29, 0.717) is 0 Å². The fraction of sp³-hybridized carbons (Fsp3) is 1.00. The van der Waals surface area contributed by atoms with Crippen molar-refractivity contribution in [3.05, 3.63) is 0 Å². The molecule has 0 aromatic heterocycles. The minimum Gasteiger partial charge on any atom is -0.394 e. The molecule has 3 heteroatoms. The third kappa shape index (κ3) is 6.17. The zero-order chi connectivity index (χ0) is 13.3. The molecule has 0 bridgehead atoms. The normalized spacial score (nSPS) is 21.5. The van der Waals surface area contributed by atoms with Crippen LogP contribution in [0.3, 0.4) is 0 Å². The van der Waals surface area contributed by atoms with Gasteiger partial charge in [-0.25, -0.2) is 0 Å². The lowest BCUT2D eigenvalue weighted by Crippen LogP contribution is -2.45. The molecular weight excluding hydrogens is 224 g/mol. The molecule has 1 atom stereocenters. The molecule has 0 spiro atoms. The van der Waals surface area contributed by atoms with Crippen LogP contribution in [0.1, 0.15) is 58.8 Å². The Bertz CT molecular complexity index is 203. The molecule has 0 aliphatic carbocycles. The Labute approximate surface area is 113 Å². The monoisotopic (exact) mass is 256 g/mol. The van der Waals surface area contributed by atoms with Gasteiger partial charge in [-0.2, -0.15) is 0 Å². The molecule has 0 aromatic rings. The van der Waals surface area contributed by atoms with E-state index in [2.05, 4.69) is 24.1 Å². The average Bonchev–Trinajstić information content (AvgIpc) is 2.64. The molecule has 1 fully saturated rings. The molecule has 0 aromatic carbocycles. The molecule has 0 radical (unpaired) electrons. The molecule has 1 aliphatic rings. The van der Waals surface area contributed by atoms with Crippen LogP contribution >= 0.6 is 0 Å². The van der Waals surface area contributed by atoms with Crippen LogP contribution in [0.4, 0.5) is 0 Å². The molecule has 2 N–H and O–H groups in total. The van der Waals surface area contributed by atoms with E-state index in [4.69, 9.17) is 0 Å². The second-order valence-corrected chi connectivity index (χ2v) is 5.96. The van der Waals surface area contributed by atoms with Crippen LogP contribution in [-0.4, -0.2) is 48.3 Å². The smallest absolute Gasteiger partial charge is 0.0610 e. The molecule has 1 aliphatic heterocycles. The summed E-state index contributed by atoms with van der Waals surface area (Å²) in [6.45, 7) is 9.24. The lowest BCUT2D eigenvalue weighted by atomic mass is 9.95. The van der Waals surface area contributed by atoms with E-state index in [0.717, 1.165) is 13.0 Å². The number of aliphatic hydroxyl groups is 1. The molecule has 0 saturated carbocycles. The van der Waals surface area contributed by atoms with Crippen LogP contribution < -0.4 is 5.32 Å². The quantitative estimate of drug-likeness (QED) is 0.655. The third-order valence-corrected chi connectivity index (χ3v) is 4.10. The van der Waals surface area contributed by atoms with Gasteiger partial charge in [0.1, 0.15) is 0 Å². The van der Waals surface area contributed by atoms with Gasteiger partial charge < -0.3 is 15.3 Å². The van der Waals surface area contributed by atoms with Crippen LogP contribution in [0.25, 0.3) is 0 Å². The van der Waals surface area contributed by atoms with Crippen molar-refractivity contribution in [1.82, 2.24) is 10.2 Å². The predicted octanol–water partition coefficient (Wildman–Crippen LogP) is 2.39. The van der Waals surface area contributed by atoms with E-state index in [1.54, 1.807) is 0 Å². The Balaban J connectivity index is 2.12. The molecule has 18 heavy (non-hydrogen) atoms. The summed E-state index contributed by atoms with van der Waals surface area (Å²) >= 11 is 0. The van der Waals surface area contributed by atoms with Gasteiger partial charge in [0, 0.05) is 5.54 Å². The zero-order valence-electron chi connectivity index (χ0n) is 12.4. The van der Waals surface area contributed by atoms with Gasteiger partial charge in [0.05, 0.1) is 6.61 Å². The van der Waals surface area contributed by atoms with Gasteiger partial charge in [0.2, 0.25) is 0 Å². The Morgan fingerprint density at radius 1 is 1.11 bits per heavy atom. The lowest BCUT2D eigenvalue weighted by molar-refractivity contribution is 0.162. The molecule has 108 valence electrons. The van der Waals surface area contributed by atoms with Gasteiger partial charge in [0.15, 0.2) is 0 Å². The highest BCUT2D eigenvalue weighted by Gasteiger charge is 2.21. The largest absolute Gasteiger partial charge is 0.394 e. The van der Waals surface area contributed by atoms with Gasteiger partial charge in [0.25, 0.3) is 0 Å². The Hall–Kier alpha value is -0.120. The number of rotatable bonds is 8. The van der Waals surface area contributed by atoms with E-state index >= 15 is 0 Å². The standard InChI is InChI=1S/C15H32N2O/c1-3-16-15(2,14-18)10-6-9-13-17-11-7-4-5-8-12-17/h16,18H,3-14H2,1-2H3. The van der Waals surface area contributed by atoms with E-state index < -0.39 is 0 Å². The number of hydrogen-bond acceptors (Lipinski definition) is 3. The summed E-state index contributed by atoms with van der Waals surface area (Å²) in [6, 6.07) is 0. The highest BCUT2D eigenvalue weighted by Crippen LogP contribution is 2.15. The SMILES string of the molecule is CCNC(C)(CO)CCCCN1CCCCCC1. The molecule has 3 nitrogen and oxygen atoms in total. The highest BCUT2D eigenvalue weighted by molar-refractivity contribution is 4.81. The van der Waals surface area contributed by atoms with Crippen molar-refractivity contribution >= 4 is 0 Å². The fourth-order valence-corrected chi connectivity index (χ4v) is 2.86. The van der Waals surface area contributed by atoms with Crippen LogP contribution in [0.5, 0.6) is 0 Å². The number of likely N-dealkylation sites (N-methyl/N-ethyl adjacent to an activating group) is 1. The number of aliphatic hydroxyl groups excluding tert-OH is 1. The molecule has 1 heterocycles. The van der Waals surface area contributed by atoms with Crippen LogP contribution in [-0.2, 0) is 0 Å². The zero-order valence-corrected chi connectivity index (χ0v) is 12.4. The van der Waals surface area contributed by atoms with Crippen molar-refractivity contribution < 1.29 is 5.11 Å². The van der Waals surface area contributed by atoms with Crippen LogP contribution in [0.15, 0.2) is 0 Å². The summed E-state index contributed by atoms with van der Waals surface area (Å²) in [5.74, 6) is 0. The van der Waals surface area contributed by atoms with Crippen molar-refractivity contribution in [2.45, 2.75) is 64.3 Å². The van der Waals surface area contributed by atoms with Gasteiger partial charge in [-0.1, -0.05) is 26.2 Å².